The molecule has 0 aliphatic heterocycles. The summed E-state index contributed by atoms with van der Waals surface area (Å²) in [6, 6.07) is 13.2. The molecule has 0 spiro atoms. The quantitative estimate of drug-likeness (QED) is 0.699. The fourth-order valence-electron chi connectivity index (χ4n) is 1.89. The lowest BCUT2D eigenvalue weighted by Crippen LogP contribution is -1.84. The van der Waals surface area contributed by atoms with E-state index in [9.17, 15) is 0 Å². The van der Waals surface area contributed by atoms with Crippen molar-refractivity contribution < 1.29 is 9.26 Å². The highest BCUT2D eigenvalue weighted by atomic mass is 16.5. The third-order valence-electron chi connectivity index (χ3n) is 2.86. The van der Waals surface area contributed by atoms with E-state index in [4.69, 9.17) is 15.0 Å². The van der Waals surface area contributed by atoms with Crippen molar-refractivity contribution in [2.24, 2.45) is 0 Å². The molecule has 1 aromatic heterocycles. The van der Waals surface area contributed by atoms with Gasteiger partial charge in [-0.15, -0.1) is 0 Å². The van der Waals surface area contributed by atoms with E-state index < -0.39 is 0 Å². The Bertz CT molecular complexity index is 687. The molecule has 0 saturated heterocycles. The zero-order chi connectivity index (χ0) is 12.5. The van der Waals surface area contributed by atoms with Crippen LogP contribution in [-0.4, -0.2) is 12.3 Å². The number of hydrogen-bond donors (Lipinski definition) is 1. The number of benzene rings is 2. The Kier molecular flexibility index (Phi) is 2.41. The molecule has 90 valence electrons. The maximum atomic E-state index is 5.67. The summed E-state index contributed by atoms with van der Waals surface area (Å²) in [5.74, 6) is 0.752. The Morgan fingerprint density at radius 3 is 2.61 bits per heavy atom. The van der Waals surface area contributed by atoms with E-state index in [1.54, 1.807) is 7.11 Å². The van der Waals surface area contributed by atoms with E-state index in [-0.39, 0.29) is 0 Å². The molecule has 0 atom stereocenters. The van der Waals surface area contributed by atoms with E-state index in [1.807, 2.05) is 42.5 Å². The van der Waals surface area contributed by atoms with E-state index >= 15 is 0 Å². The summed E-state index contributed by atoms with van der Waals surface area (Å²) in [6.07, 6.45) is 0. The van der Waals surface area contributed by atoms with Crippen LogP contribution >= 0.6 is 0 Å². The highest BCUT2D eigenvalue weighted by Gasteiger charge is 2.10. The fourth-order valence-corrected chi connectivity index (χ4v) is 1.89. The smallest absolute Gasteiger partial charge is 0.171 e. The molecule has 3 aromatic rings. The Morgan fingerprint density at radius 2 is 1.89 bits per heavy atom. The van der Waals surface area contributed by atoms with Crippen LogP contribution < -0.4 is 10.5 Å². The highest BCUT2D eigenvalue weighted by Crippen LogP contribution is 2.30. The van der Waals surface area contributed by atoms with Crippen molar-refractivity contribution >= 4 is 16.7 Å². The largest absolute Gasteiger partial charge is 0.497 e. The predicted molar refractivity (Wildman–Crippen MR) is 70.4 cm³/mol. The van der Waals surface area contributed by atoms with Crippen molar-refractivity contribution in [2.45, 2.75) is 0 Å². The summed E-state index contributed by atoms with van der Waals surface area (Å²) >= 11 is 0. The molecule has 0 amide bonds. The minimum absolute atomic E-state index is 0.709. The first kappa shape index (κ1) is 10.7. The van der Waals surface area contributed by atoms with Gasteiger partial charge in [-0.1, -0.05) is 17.3 Å². The molecule has 4 nitrogen and oxygen atoms in total. The number of nitrogens with zero attached hydrogens (tertiary/aromatic N) is 1. The van der Waals surface area contributed by atoms with Gasteiger partial charge >= 0.3 is 0 Å². The molecule has 18 heavy (non-hydrogen) atoms. The SMILES string of the molecule is COc1ccc2c(-c3ccc(N)cc3)noc2c1. The van der Waals surface area contributed by atoms with Gasteiger partial charge < -0.3 is 15.0 Å². The summed E-state index contributed by atoms with van der Waals surface area (Å²) in [4.78, 5) is 0. The number of anilines is 1. The Morgan fingerprint density at radius 1 is 1.11 bits per heavy atom. The molecule has 0 bridgehead atoms. The van der Waals surface area contributed by atoms with Gasteiger partial charge in [-0.05, 0) is 24.3 Å². The normalized spacial score (nSPS) is 10.7. The van der Waals surface area contributed by atoms with Gasteiger partial charge in [-0.2, -0.15) is 0 Å². The molecule has 0 saturated carbocycles. The van der Waals surface area contributed by atoms with E-state index in [0.29, 0.717) is 5.58 Å². The number of methoxy groups -OCH3 is 1. The first-order chi connectivity index (χ1) is 8.78. The minimum Gasteiger partial charge on any atom is -0.497 e. The molecule has 0 fully saturated rings. The average Bonchev–Trinajstić information content (AvgIpc) is 2.82. The molecule has 4 heteroatoms. The molecule has 3 rings (SSSR count). The van der Waals surface area contributed by atoms with Gasteiger partial charge in [0.1, 0.15) is 11.4 Å². The zero-order valence-corrected chi connectivity index (χ0v) is 9.88. The topological polar surface area (TPSA) is 61.3 Å². The molecule has 2 aromatic carbocycles. The van der Waals surface area contributed by atoms with Crippen molar-refractivity contribution in [1.29, 1.82) is 0 Å². The predicted octanol–water partition coefficient (Wildman–Crippen LogP) is 3.09. The van der Waals surface area contributed by atoms with Gasteiger partial charge in [0.2, 0.25) is 0 Å². The van der Waals surface area contributed by atoms with Crippen LogP contribution in [0.2, 0.25) is 0 Å². The van der Waals surface area contributed by atoms with Gasteiger partial charge in [0.05, 0.1) is 7.11 Å². The third-order valence-corrected chi connectivity index (χ3v) is 2.86. The number of nitrogen functional groups attached to an aromatic ring is 1. The van der Waals surface area contributed by atoms with Crippen LogP contribution in [0.25, 0.3) is 22.2 Å². The van der Waals surface area contributed by atoms with Gasteiger partial charge in [0.25, 0.3) is 0 Å². The Balaban J connectivity index is 2.15. The molecule has 0 aliphatic rings. The van der Waals surface area contributed by atoms with E-state index in [1.165, 1.54) is 0 Å². The zero-order valence-electron chi connectivity index (χ0n) is 9.88. The molecular formula is C14H12N2O2. The van der Waals surface area contributed by atoms with E-state index in [2.05, 4.69) is 5.16 Å². The van der Waals surface area contributed by atoms with Gasteiger partial charge in [-0.3, -0.25) is 0 Å². The summed E-state index contributed by atoms with van der Waals surface area (Å²) in [6.45, 7) is 0. The first-order valence-corrected chi connectivity index (χ1v) is 5.57. The lowest BCUT2D eigenvalue weighted by atomic mass is 10.1. The van der Waals surface area contributed by atoms with Crippen LogP contribution in [0.5, 0.6) is 5.75 Å². The van der Waals surface area contributed by atoms with Gasteiger partial charge in [0.15, 0.2) is 5.58 Å². The second-order valence-electron chi connectivity index (χ2n) is 4.02. The van der Waals surface area contributed by atoms with Crippen LogP contribution in [0.3, 0.4) is 0 Å². The summed E-state index contributed by atoms with van der Waals surface area (Å²) in [5.41, 5.74) is 8.90. The van der Waals surface area contributed by atoms with Crippen molar-refractivity contribution in [2.75, 3.05) is 12.8 Å². The molecule has 0 unspecified atom stereocenters. The number of fused-ring (bicyclic) bond motifs is 1. The maximum Gasteiger partial charge on any atom is 0.171 e. The fraction of sp³-hybridized carbons (Fsp3) is 0.0714. The van der Waals surface area contributed by atoms with Crippen molar-refractivity contribution in [3.63, 3.8) is 0 Å². The Hall–Kier alpha value is -2.49. The van der Waals surface area contributed by atoms with Crippen molar-refractivity contribution in [3.05, 3.63) is 42.5 Å². The molecule has 1 heterocycles. The summed E-state index contributed by atoms with van der Waals surface area (Å²) in [5, 5.41) is 5.06. The lowest BCUT2D eigenvalue weighted by Gasteiger charge is -1.99. The number of hydrogen-bond acceptors (Lipinski definition) is 4. The maximum absolute atomic E-state index is 5.67. The molecule has 0 aliphatic carbocycles. The number of aromatic nitrogens is 1. The minimum atomic E-state index is 0.709. The Labute approximate surface area is 104 Å². The second kappa shape index (κ2) is 4.07. The van der Waals surface area contributed by atoms with Crippen LogP contribution in [0, 0.1) is 0 Å². The van der Waals surface area contributed by atoms with Crippen LogP contribution in [0.4, 0.5) is 5.69 Å². The lowest BCUT2D eigenvalue weighted by molar-refractivity contribution is 0.412. The third kappa shape index (κ3) is 1.68. The molecule has 2 N–H and O–H groups in total. The van der Waals surface area contributed by atoms with Crippen LogP contribution in [-0.2, 0) is 0 Å². The highest BCUT2D eigenvalue weighted by molar-refractivity contribution is 5.92. The standard InChI is InChI=1S/C14H12N2O2/c1-17-11-6-7-12-13(8-11)18-16-14(12)9-2-4-10(15)5-3-9/h2-8H,15H2,1H3. The number of nitrogens with two attached hydrogens (primary N) is 1. The average molecular weight is 240 g/mol. The molecule has 0 radical (unpaired) electrons. The molecular weight excluding hydrogens is 228 g/mol. The number of rotatable bonds is 2. The van der Waals surface area contributed by atoms with Crippen LogP contribution in [0.1, 0.15) is 0 Å². The first-order valence-electron chi connectivity index (χ1n) is 5.57. The van der Waals surface area contributed by atoms with Crippen LogP contribution in [0.15, 0.2) is 47.0 Å². The van der Waals surface area contributed by atoms with Gasteiger partial charge in [-0.25, -0.2) is 0 Å². The summed E-state index contributed by atoms with van der Waals surface area (Å²) in [7, 11) is 1.62. The van der Waals surface area contributed by atoms with E-state index in [0.717, 1.165) is 28.1 Å². The number of ether oxygens (including phenoxy) is 1. The monoisotopic (exact) mass is 240 g/mol. The van der Waals surface area contributed by atoms with Crippen molar-refractivity contribution in [1.82, 2.24) is 5.16 Å². The van der Waals surface area contributed by atoms with Crippen molar-refractivity contribution in [3.8, 4) is 17.0 Å². The second-order valence-corrected chi connectivity index (χ2v) is 4.02. The van der Waals surface area contributed by atoms with Gasteiger partial charge in [0, 0.05) is 22.7 Å². The summed E-state index contributed by atoms with van der Waals surface area (Å²) < 4.78 is 10.5.